The number of fused-ring (bicyclic) bond motifs is 1. The number of carbonyl (C=O) groups is 2. The van der Waals surface area contributed by atoms with E-state index >= 15 is 0 Å². The highest BCUT2D eigenvalue weighted by Crippen LogP contribution is 2.23. The average Bonchev–Trinajstić information content (AvgIpc) is 3.04. The SMILES string of the molecule is Cc1nccn1-c1ccc(CNC(=O)c2ccc3c(c2)CCCC(=O)N3)cn1. The summed E-state index contributed by atoms with van der Waals surface area (Å²) in [6, 6.07) is 9.25. The fourth-order valence-corrected chi connectivity index (χ4v) is 3.28. The molecule has 1 aromatic carbocycles. The number of anilines is 1. The largest absolute Gasteiger partial charge is 0.348 e. The molecule has 0 unspecified atom stereocenters. The maximum Gasteiger partial charge on any atom is 0.251 e. The first-order valence-electron chi connectivity index (χ1n) is 9.26. The van der Waals surface area contributed by atoms with Crippen molar-refractivity contribution in [2.75, 3.05) is 5.32 Å². The van der Waals surface area contributed by atoms with Crippen LogP contribution in [0.4, 0.5) is 5.69 Å². The average molecular weight is 375 g/mol. The maximum atomic E-state index is 12.5. The topological polar surface area (TPSA) is 88.9 Å². The maximum absolute atomic E-state index is 12.5. The number of aryl methyl sites for hydroxylation is 2. The van der Waals surface area contributed by atoms with Crippen molar-refractivity contribution in [2.45, 2.75) is 32.7 Å². The van der Waals surface area contributed by atoms with Crippen LogP contribution in [0.25, 0.3) is 5.82 Å². The van der Waals surface area contributed by atoms with E-state index in [2.05, 4.69) is 20.6 Å². The van der Waals surface area contributed by atoms with Crippen LogP contribution < -0.4 is 10.6 Å². The van der Waals surface area contributed by atoms with Crippen LogP contribution >= 0.6 is 0 Å². The Balaban J connectivity index is 1.41. The molecule has 3 aromatic rings. The van der Waals surface area contributed by atoms with E-state index in [-0.39, 0.29) is 11.8 Å². The van der Waals surface area contributed by atoms with Gasteiger partial charge in [0.2, 0.25) is 5.91 Å². The number of pyridine rings is 1. The molecule has 0 radical (unpaired) electrons. The van der Waals surface area contributed by atoms with Crippen LogP contribution in [-0.2, 0) is 17.8 Å². The zero-order valence-electron chi connectivity index (χ0n) is 15.6. The molecule has 7 nitrogen and oxygen atoms in total. The smallest absolute Gasteiger partial charge is 0.251 e. The number of carbonyl (C=O) groups excluding carboxylic acids is 2. The van der Waals surface area contributed by atoms with Crippen LogP contribution in [-0.4, -0.2) is 26.3 Å². The van der Waals surface area contributed by atoms with Gasteiger partial charge < -0.3 is 10.6 Å². The van der Waals surface area contributed by atoms with E-state index in [1.807, 2.05) is 35.9 Å². The Kier molecular flexibility index (Phi) is 4.89. The van der Waals surface area contributed by atoms with E-state index in [1.165, 1.54) is 0 Å². The van der Waals surface area contributed by atoms with Gasteiger partial charge in [0.25, 0.3) is 5.91 Å². The minimum Gasteiger partial charge on any atom is -0.348 e. The molecule has 28 heavy (non-hydrogen) atoms. The molecule has 0 bridgehead atoms. The fraction of sp³-hybridized carbons (Fsp3) is 0.238. The Bertz CT molecular complexity index is 1020. The molecule has 0 aliphatic carbocycles. The summed E-state index contributed by atoms with van der Waals surface area (Å²) in [4.78, 5) is 32.8. The Morgan fingerprint density at radius 3 is 2.86 bits per heavy atom. The molecular formula is C21H21N5O2. The van der Waals surface area contributed by atoms with Crippen molar-refractivity contribution in [1.82, 2.24) is 19.9 Å². The first-order chi connectivity index (χ1) is 13.6. The van der Waals surface area contributed by atoms with Gasteiger partial charge in [0.15, 0.2) is 0 Å². The molecule has 0 spiro atoms. The van der Waals surface area contributed by atoms with Crippen molar-refractivity contribution in [3.05, 3.63) is 71.4 Å². The summed E-state index contributed by atoms with van der Waals surface area (Å²) < 4.78 is 1.90. The Hall–Kier alpha value is -3.48. The van der Waals surface area contributed by atoms with Gasteiger partial charge in [-0.15, -0.1) is 0 Å². The number of aromatic nitrogens is 3. The molecule has 0 fully saturated rings. The van der Waals surface area contributed by atoms with E-state index in [4.69, 9.17) is 0 Å². The number of rotatable bonds is 4. The molecule has 0 saturated heterocycles. The van der Waals surface area contributed by atoms with E-state index in [1.54, 1.807) is 24.5 Å². The minimum atomic E-state index is -0.145. The van der Waals surface area contributed by atoms with Gasteiger partial charge in [0, 0.05) is 42.8 Å². The molecule has 142 valence electrons. The van der Waals surface area contributed by atoms with Gasteiger partial charge >= 0.3 is 0 Å². The van der Waals surface area contributed by atoms with E-state index < -0.39 is 0 Å². The van der Waals surface area contributed by atoms with E-state index in [9.17, 15) is 9.59 Å². The summed E-state index contributed by atoms with van der Waals surface area (Å²) in [7, 11) is 0. The van der Waals surface area contributed by atoms with Crippen LogP contribution in [0.3, 0.4) is 0 Å². The zero-order valence-corrected chi connectivity index (χ0v) is 15.6. The first kappa shape index (κ1) is 17.9. The van der Waals surface area contributed by atoms with Gasteiger partial charge in [0.05, 0.1) is 0 Å². The highest BCUT2D eigenvalue weighted by atomic mass is 16.2. The Labute approximate surface area is 162 Å². The van der Waals surface area contributed by atoms with Crippen LogP contribution in [0.2, 0.25) is 0 Å². The second-order valence-corrected chi connectivity index (χ2v) is 6.83. The number of benzene rings is 1. The van der Waals surface area contributed by atoms with Gasteiger partial charge in [0.1, 0.15) is 11.6 Å². The lowest BCUT2D eigenvalue weighted by molar-refractivity contribution is -0.116. The molecular weight excluding hydrogens is 354 g/mol. The highest BCUT2D eigenvalue weighted by molar-refractivity contribution is 5.97. The van der Waals surface area contributed by atoms with Crippen molar-refractivity contribution in [3.8, 4) is 5.82 Å². The van der Waals surface area contributed by atoms with Crippen LogP contribution in [0.1, 0.15) is 40.2 Å². The van der Waals surface area contributed by atoms with Crippen molar-refractivity contribution in [1.29, 1.82) is 0 Å². The number of amides is 2. The third kappa shape index (κ3) is 3.78. The Morgan fingerprint density at radius 1 is 1.21 bits per heavy atom. The minimum absolute atomic E-state index is 0.0257. The van der Waals surface area contributed by atoms with Crippen molar-refractivity contribution in [3.63, 3.8) is 0 Å². The monoisotopic (exact) mass is 375 g/mol. The molecule has 3 heterocycles. The second-order valence-electron chi connectivity index (χ2n) is 6.83. The first-order valence-corrected chi connectivity index (χ1v) is 9.26. The summed E-state index contributed by atoms with van der Waals surface area (Å²) in [6.45, 7) is 2.31. The molecule has 7 heteroatoms. The summed E-state index contributed by atoms with van der Waals surface area (Å²) in [6.07, 6.45) is 7.43. The normalized spacial score (nSPS) is 13.4. The van der Waals surface area contributed by atoms with Gasteiger partial charge in [-0.2, -0.15) is 0 Å². The predicted molar refractivity (Wildman–Crippen MR) is 105 cm³/mol. The number of nitrogens with zero attached hydrogens (tertiary/aromatic N) is 3. The Morgan fingerprint density at radius 2 is 2.11 bits per heavy atom. The van der Waals surface area contributed by atoms with Crippen LogP contribution in [0.15, 0.2) is 48.9 Å². The molecule has 2 aromatic heterocycles. The highest BCUT2D eigenvalue weighted by Gasteiger charge is 2.15. The van der Waals surface area contributed by atoms with Gasteiger partial charge in [-0.3, -0.25) is 14.2 Å². The van der Waals surface area contributed by atoms with Gasteiger partial charge in [-0.05, 0) is 55.2 Å². The van der Waals surface area contributed by atoms with E-state index in [0.717, 1.165) is 41.3 Å². The summed E-state index contributed by atoms with van der Waals surface area (Å²) in [5, 5.41) is 5.81. The number of nitrogens with one attached hydrogen (secondary N) is 2. The third-order valence-electron chi connectivity index (χ3n) is 4.83. The number of hydrogen-bond acceptors (Lipinski definition) is 4. The molecule has 0 atom stereocenters. The predicted octanol–water partition coefficient (Wildman–Crippen LogP) is 2.78. The van der Waals surface area contributed by atoms with Crippen LogP contribution in [0.5, 0.6) is 0 Å². The summed E-state index contributed by atoms with van der Waals surface area (Å²) in [5.41, 5.74) is 3.30. The lowest BCUT2D eigenvalue weighted by atomic mass is 10.0. The van der Waals surface area contributed by atoms with Gasteiger partial charge in [-0.1, -0.05) is 6.07 Å². The van der Waals surface area contributed by atoms with Crippen molar-refractivity contribution < 1.29 is 9.59 Å². The number of imidazole rings is 1. The lowest BCUT2D eigenvalue weighted by Gasteiger charge is -2.10. The van der Waals surface area contributed by atoms with Crippen molar-refractivity contribution in [2.24, 2.45) is 0 Å². The molecule has 0 saturated carbocycles. The molecule has 4 rings (SSSR count). The van der Waals surface area contributed by atoms with Gasteiger partial charge in [-0.25, -0.2) is 9.97 Å². The zero-order chi connectivity index (χ0) is 19.5. The fourth-order valence-electron chi connectivity index (χ4n) is 3.28. The third-order valence-corrected chi connectivity index (χ3v) is 4.83. The molecule has 2 N–H and O–H groups in total. The van der Waals surface area contributed by atoms with Crippen LogP contribution in [0, 0.1) is 6.92 Å². The van der Waals surface area contributed by atoms with Crippen molar-refractivity contribution >= 4 is 17.5 Å². The molecule has 1 aliphatic rings. The second kappa shape index (κ2) is 7.64. The lowest BCUT2D eigenvalue weighted by Crippen LogP contribution is -2.23. The standard InChI is InChI=1S/C21H21N5O2/c1-14-22-9-10-26(14)19-8-5-15(12-23-19)13-24-21(28)17-6-7-18-16(11-17)3-2-4-20(27)25-18/h5-12H,2-4,13H2,1H3,(H,24,28)(H,25,27). The summed E-state index contributed by atoms with van der Waals surface area (Å²) >= 11 is 0. The van der Waals surface area contributed by atoms with E-state index in [0.29, 0.717) is 18.5 Å². The number of hydrogen-bond donors (Lipinski definition) is 2. The quantitative estimate of drug-likeness (QED) is 0.734. The molecule has 1 aliphatic heterocycles. The summed E-state index contributed by atoms with van der Waals surface area (Å²) in [5.74, 6) is 1.54. The molecule has 2 amide bonds.